The van der Waals surface area contributed by atoms with Gasteiger partial charge in [-0.05, 0) is 53.9 Å². The largest absolute Gasteiger partial charge is 0.0776 e. The molecule has 0 spiro atoms. The SMILES string of the molecule is C[Si](C)(C)c1ccc2c3ccc([Si](C)(C)C)cc3c3c4cc([Si](C)(C)C)ccc4c4ccc([Si](C)(C)C)cc4c3c2c1. The molecule has 6 aromatic rings. The van der Waals surface area contributed by atoms with Crippen LogP contribution < -0.4 is 20.7 Å². The highest BCUT2D eigenvalue weighted by molar-refractivity contribution is 6.90. The van der Waals surface area contributed by atoms with E-state index in [0.29, 0.717) is 0 Å². The molecule has 0 N–H and O–H groups in total. The lowest BCUT2D eigenvalue weighted by Gasteiger charge is -2.24. The summed E-state index contributed by atoms with van der Waals surface area (Å²) >= 11 is 0. The third kappa shape index (κ3) is 4.85. The topological polar surface area (TPSA) is 0 Å². The molecule has 0 nitrogen and oxygen atoms in total. The average Bonchev–Trinajstić information content (AvgIpc) is 2.89. The van der Waals surface area contributed by atoms with Gasteiger partial charge in [0.2, 0.25) is 0 Å². The third-order valence-corrected chi connectivity index (χ3v) is 17.6. The Labute approximate surface area is 257 Å². The first-order chi connectivity index (χ1) is 19.4. The zero-order valence-corrected chi connectivity index (χ0v) is 31.9. The van der Waals surface area contributed by atoms with Crippen molar-refractivity contribution in [2.75, 3.05) is 0 Å². The molecule has 0 aliphatic carbocycles. The van der Waals surface area contributed by atoms with Crippen LogP contribution in [0.1, 0.15) is 0 Å². The molecule has 0 saturated heterocycles. The summed E-state index contributed by atoms with van der Waals surface area (Å²) in [5, 5.41) is 20.5. The first-order valence-corrected chi connectivity index (χ1v) is 29.7. The van der Waals surface area contributed by atoms with Crippen LogP contribution in [0.15, 0.2) is 72.8 Å². The molecule has 0 unspecified atom stereocenters. The highest BCUT2D eigenvalue weighted by Gasteiger charge is 2.25. The van der Waals surface area contributed by atoms with Crippen LogP contribution in [0, 0.1) is 0 Å². The summed E-state index contributed by atoms with van der Waals surface area (Å²) in [6.07, 6.45) is 0. The van der Waals surface area contributed by atoms with Crippen molar-refractivity contribution in [1.29, 1.82) is 0 Å². The number of benzene rings is 6. The Kier molecular flexibility index (Phi) is 6.68. The number of fused-ring (bicyclic) bond motifs is 11. The van der Waals surface area contributed by atoms with E-state index >= 15 is 0 Å². The van der Waals surface area contributed by atoms with Crippen molar-refractivity contribution >= 4 is 107 Å². The highest BCUT2D eigenvalue weighted by Crippen LogP contribution is 2.43. The van der Waals surface area contributed by atoms with Gasteiger partial charge in [-0.25, -0.2) is 0 Å². The van der Waals surface area contributed by atoms with Crippen LogP contribution in [0.2, 0.25) is 78.6 Å². The maximum Gasteiger partial charge on any atom is 0.0776 e. The normalized spacial score (nSPS) is 13.7. The molecule has 0 atom stereocenters. The van der Waals surface area contributed by atoms with Crippen molar-refractivity contribution in [3.63, 3.8) is 0 Å². The van der Waals surface area contributed by atoms with Gasteiger partial charge < -0.3 is 0 Å². The van der Waals surface area contributed by atoms with E-state index in [2.05, 4.69) is 151 Å². The summed E-state index contributed by atoms with van der Waals surface area (Å²) in [5.74, 6) is 0. The van der Waals surface area contributed by atoms with Crippen LogP contribution in [0.25, 0.3) is 53.9 Å². The smallest absolute Gasteiger partial charge is 0.0656 e. The van der Waals surface area contributed by atoms with Crippen LogP contribution in [-0.4, -0.2) is 32.3 Å². The fourth-order valence-electron chi connectivity index (χ4n) is 6.64. The molecule has 6 aromatic carbocycles. The van der Waals surface area contributed by atoms with Gasteiger partial charge in [0.15, 0.2) is 0 Å². The van der Waals surface area contributed by atoms with E-state index in [4.69, 9.17) is 0 Å². The van der Waals surface area contributed by atoms with E-state index < -0.39 is 32.3 Å². The number of hydrogen-bond acceptors (Lipinski definition) is 0. The second-order valence-electron chi connectivity index (χ2n) is 16.8. The summed E-state index contributed by atoms with van der Waals surface area (Å²) in [6.45, 7) is 29.8. The first kappa shape index (κ1) is 29.6. The monoisotopic (exact) mass is 616 g/mol. The van der Waals surface area contributed by atoms with Crippen molar-refractivity contribution < 1.29 is 0 Å². The summed E-state index contributed by atoms with van der Waals surface area (Å²) in [7, 11) is -6.07. The summed E-state index contributed by atoms with van der Waals surface area (Å²) in [6, 6.07) is 29.9. The number of hydrogen-bond donors (Lipinski definition) is 0. The van der Waals surface area contributed by atoms with Crippen LogP contribution in [0.3, 0.4) is 0 Å². The van der Waals surface area contributed by atoms with Gasteiger partial charge in [-0.15, -0.1) is 0 Å². The van der Waals surface area contributed by atoms with Gasteiger partial charge in [-0.3, -0.25) is 0 Å². The lowest BCUT2D eigenvalue weighted by atomic mass is 9.87. The van der Waals surface area contributed by atoms with E-state index in [9.17, 15) is 0 Å². The zero-order valence-electron chi connectivity index (χ0n) is 27.9. The van der Waals surface area contributed by atoms with Crippen molar-refractivity contribution in [2.45, 2.75) is 78.6 Å². The van der Waals surface area contributed by atoms with Gasteiger partial charge in [-0.1, -0.05) is 172 Å². The molecule has 0 aliphatic rings. The van der Waals surface area contributed by atoms with Gasteiger partial charge in [0, 0.05) is 0 Å². The lowest BCUT2D eigenvalue weighted by Crippen LogP contribution is -2.38. The molecule has 0 fully saturated rings. The zero-order chi connectivity index (χ0) is 30.6. The fraction of sp³-hybridized carbons (Fsp3) is 0.316. The van der Waals surface area contributed by atoms with E-state index in [1.165, 1.54) is 53.9 Å². The molecule has 0 bridgehead atoms. The molecule has 0 aromatic heterocycles. The molecule has 0 saturated carbocycles. The van der Waals surface area contributed by atoms with Crippen LogP contribution >= 0.6 is 0 Å². The molecule has 6 rings (SSSR count). The van der Waals surface area contributed by atoms with Crippen molar-refractivity contribution in [1.82, 2.24) is 0 Å². The maximum absolute atomic E-state index is 2.59. The van der Waals surface area contributed by atoms with E-state index in [-0.39, 0.29) is 0 Å². The second kappa shape index (κ2) is 9.49. The minimum absolute atomic E-state index is 1.40. The first-order valence-electron chi connectivity index (χ1n) is 15.7. The highest BCUT2D eigenvalue weighted by atomic mass is 28.3. The summed E-state index contributed by atoms with van der Waals surface area (Å²) in [4.78, 5) is 0. The fourth-order valence-corrected chi connectivity index (χ4v) is 11.3. The van der Waals surface area contributed by atoms with Crippen molar-refractivity contribution in [2.24, 2.45) is 0 Å². The summed E-state index contributed by atoms with van der Waals surface area (Å²) in [5.41, 5.74) is 0. The standard InChI is InChI=1S/C38H48Si4/c1-39(2,3)25-13-17-29-30-18-14-27(41(7,8)9)23-35(30)38-36-24-28(42(10,11)12)16-20-32(36)31-19-15-26(40(4,5)6)22-34(31)37(38)33(29)21-25/h13-24H,1-12H3. The average molecular weight is 617 g/mol. The van der Waals surface area contributed by atoms with Gasteiger partial charge >= 0.3 is 0 Å². The van der Waals surface area contributed by atoms with E-state index in [1.807, 2.05) is 0 Å². The van der Waals surface area contributed by atoms with E-state index in [0.717, 1.165) is 0 Å². The maximum atomic E-state index is 2.59. The van der Waals surface area contributed by atoms with Gasteiger partial charge in [0.05, 0.1) is 32.3 Å². The summed E-state index contributed by atoms with van der Waals surface area (Å²) < 4.78 is 0. The van der Waals surface area contributed by atoms with Crippen LogP contribution in [0.5, 0.6) is 0 Å². The van der Waals surface area contributed by atoms with Crippen molar-refractivity contribution in [3.05, 3.63) is 72.8 Å². The molecule has 0 aliphatic heterocycles. The quantitative estimate of drug-likeness (QED) is 0.137. The predicted octanol–water partition coefficient (Wildman–Crippen LogP) is 9.63. The Hall–Kier alpha value is -2.51. The Morgan fingerprint density at radius 3 is 0.619 bits per heavy atom. The lowest BCUT2D eigenvalue weighted by molar-refractivity contribution is 1.71. The molecule has 42 heavy (non-hydrogen) atoms. The van der Waals surface area contributed by atoms with Gasteiger partial charge in [0.1, 0.15) is 0 Å². The minimum Gasteiger partial charge on any atom is -0.0656 e. The van der Waals surface area contributed by atoms with Crippen molar-refractivity contribution in [3.8, 4) is 0 Å². The third-order valence-electron chi connectivity index (χ3n) is 9.45. The molecule has 216 valence electrons. The van der Waals surface area contributed by atoms with E-state index in [1.54, 1.807) is 20.7 Å². The molecule has 0 heterocycles. The van der Waals surface area contributed by atoms with Crippen LogP contribution in [-0.2, 0) is 0 Å². The Balaban J connectivity index is 2.00. The Bertz CT molecular complexity index is 1760. The molecule has 4 heteroatoms. The molecule has 0 amide bonds. The Morgan fingerprint density at radius 1 is 0.262 bits per heavy atom. The molecule has 0 radical (unpaired) electrons. The van der Waals surface area contributed by atoms with Crippen LogP contribution in [0.4, 0.5) is 0 Å². The van der Waals surface area contributed by atoms with Gasteiger partial charge in [0.25, 0.3) is 0 Å². The number of rotatable bonds is 4. The predicted molar refractivity (Wildman–Crippen MR) is 206 cm³/mol. The Morgan fingerprint density at radius 2 is 0.452 bits per heavy atom. The van der Waals surface area contributed by atoms with Gasteiger partial charge in [-0.2, -0.15) is 0 Å². The minimum atomic E-state index is -1.52. The molecular weight excluding hydrogens is 569 g/mol. The second-order valence-corrected chi connectivity index (χ2v) is 37.1. The molecular formula is C38H48Si4.